The van der Waals surface area contributed by atoms with Crippen LogP contribution in [0.5, 0.6) is 5.88 Å². The number of hydrogen-bond donors (Lipinski definition) is 3. The highest BCUT2D eigenvalue weighted by molar-refractivity contribution is 6.04. The number of hydrogen-bond acceptors (Lipinski definition) is 4. The maximum Gasteiger partial charge on any atom is 0.256 e. The first-order valence-corrected chi connectivity index (χ1v) is 4.91. The lowest BCUT2D eigenvalue weighted by atomic mass is 10.2. The average molecular weight is 249 g/mol. The molecule has 2 aromatic heterocycles. The van der Waals surface area contributed by atoms with Crippen LogP contribution in [0.1, 0.15) is 10.4 Å². The highest BCUT2D eigenvalue weighted by Crippen LogP contribution is 2.09. The van der Waals surface area contributed by atoms with E-state index in [0.717, 1.165) is 24.4 Å². The highest BCUT2D eigenvalue weighted by atomic mass is 19.1. The number of aromatic hydroxyl groups is 1. The summed E-state index contributed by atoms with van der Waals surface area (Å²) < 4.78 is 12.6. The molecule has 0 aromatic carbocycles. The van der Waals surface area contributed by atoms with E-state index in [0.29, 0.717) is 0 Å². The third kappa shape index (κ3) is 2.70. The van der Waals surface area contributed by atoms with Crippen molar-refractivity contribution < 1.29 is 14.3 Å². The lowest BCUT2D eigenvalue weighted by molar-refractivity contribution is 0.102. The molecule has 2 aromatic rings. The van der Waals surface area contributed by atoms with Gasteiger partial charge in [-0.25, -0.2) is 4.98 Å². The number of halogens is 1. The molecule has 92 valence electrons. The van der Waals surface area contributed by atoms with Crippen molar-refractivity contribution in [1.82, 2.24) is 9.97 Å². The summed E-state index contributed by atoms with van der Waals surface area (Å²) in [5.74, 6) is -1.68. The lowest BCUT2D eigenvalue weighted by Crippen LogP contribution is -2.16. The van der Waals surface area contributed by atoms with Gasteiger partial charge in [-0.3, -0.25) is 14.6 Å². The molecule has 0 saturated heterocycles. The minimum atomic E-state index is -0.665. The summed E-state index contributed by atoms with van der Waals surface area (Å²) in [5.41, 5.74) is -0.334. The van der Waals surface area contributed by atoms with Crippen molar-refractivity contribution >= 4 is 11.6 Å². The van der Waals surface area contributed by atoms with Gasteiger partial charge in [0.2, 0.25) is 5.95 Å². The minimum absolute atomic E-state index is 0.0134. The summed E-state index contributed by atoms with van der Waals surface area (Å²) in [5, 5.41) is 11.6. The second-order valence-corrected chi connectivity index (χ2v) is 3.44. The van der Waals surface area contributed by atoms with Gasteiger partial charge in [-0.05, 0) is 12.1 Å². The quantitative estimate of drug-likeness (QED) is 0.688. The zero-order valence-corrected chi connectivity index (χ0v) is 8.98. The number of H-pyrrole nitrogens is 1. The van der Waals surface area contributed by atoms with E-state index in [-0.39, 0.29) is 11.3 Å². The van der Waals surface area contributed by atoms with Gasteiger partial charge in [0.25, 0.3) is 11.5 Å². The SMILES string of the molecule is O=C(Nc1ccc(F)nc1)c1cc(O)[nH]c(=O)c1. The Morgan fingerprint density at radius 3 is 2.78 bits per heavy atom. The number of rotatable bonds is 2. The molecular weight excluding hydrogens is 241 g/mol. The number of amides is 1. The fourth-order valence-electron chi connectivity index (χ4n) is 1.31. The van der Waals surface area contributed by atoms with Crippen molar-refractivity contribution in [2.45, 2.75) is 0 Å². The molecule has 3 N–H and O–H groups in total. The van der Waals surface area contributed by atoms with E-state index in [1.54, 1.807) is 0 Å². The van der Waals surface area contributed by atoms with Gasteiger partial charge >= 0.3 is 0 Å². The fourth-order valence-corrected chi connectivity index (χ4v) is 1.31. The van der Waals surface area contributed by atoms with E-state index in [9.17, 15) is 14.0 Å². The third-order valence-corrected chi connectivity index (χ3v) is 2.08. The van der Waals surface area contributed by atoms with Gasteiger partial charge in [0.1, 0.15) is 0 Å². The first-order chi connectivity index (χ1) is 8.54. The van der Waals surface area contributed by atoms with Crippen LogP contribution in [0.4, 0.5) is 10.1 Å². The molecule has 6 nitrogen and oxygen atoms in total. The van der Waals surface area contributed by atoms with Crippen LogP contribution in [0.25, 0.3) is 0 Å². The van der Waals surface area contributed by atoms with Crippen molar-refractivity contribution in [3.8, 4) is 5.88 Å². The van der Waals surface area contributed by atoms with Crippen LogP contribution in [-0.2, 0) is 0 Å². The summed E-state index contributed by atoms with van der Waals surface area (Å²) in [6.45, 7) is 0. The van der Waals surface area contributed by atoms with Gasteiger partial charge in [0, 0.05) is 12.1 Å². The Hall–Kier alpha value is -2.70. The van der Waals surface area contributed by atoms with E-state index in [1.807, 2.05) is 0 Å². The molecule has 0 aliphatic heterocycles. The molecule has 0 aliphatic carbocycles. The number of carbonyl (C=O) groups is 1. The summed E-state index contributed by atoms with van der Waals surface area (Å²) in [7, 11) is 0. The largest absolute Gasteiger partial charge is 0.494 e. The van der Waals surface area contributed by atoms with Crippen LogP contribution in [0.2, 0.25) is 0 Å². The molecule has 1 amide bonds. The second kappa shape index (κ2) is 4.66. The highest BCUT2D eigenvalue weighted by Gasteiger charge is 2.08. The number of nitrogens with one attached hydrogen (secondary N) is 2. The molecule has 18 heavy (non-hydrogen) atoms. The molecule has 7 heteroatoms. The molecule has 0 unspecified atom stereocenters. The molecule has 0 radical (unpaired) electrons. The Balaban J connectivity index is 2.21. The van der Waals surface area contributed by atoms with Crippen LogP contribution in [0.3, 0.4) is 0 Å². The third-order valence-electron chi connectivity index (χ3n) is 2.08. The first kappa shape index (κ1) is 11.8. The van der Waals surface area contributed by atoms with Gasteiger partial charge in [-0.15, -0.1) is 0 Å². The summed E-state index contributed by atoms with van der Waals surface area (Å²) in [6.07, 6.45) is 1.14. The van der Waals surface area contributed by atoms with E-state index in [4.69, 9.17) is 5.11 Å². The van der Waals surface area contributed by atoms with E-state index >= 15 is 0 Å². The van der Waals surface area contributed by atoms with E-state index in [2.05, 4.69) is 15.3 Å². The Bertz CT molecular complexity index is 637. The molecule has 2 rings (SSSR count). The monoisotopic (exact) mass is 249 g/mol. The van der Waals surface area contributed by atoms with Gasteiger partial charge in [0.05, 0.1) is 17.4 Å². The molecule has 0 bridgehead atoms. The van der Waals surface area contributed by atoms with Gasteiger partial charge in [-0.2, -0.15) is 4.39 Å². The zero-order valence-electron chi connectivity index (χ0n) is 8.98. The Kier molecular flexibility index (Phi) is 3.05. The molecule has 0 saturated carbocycles. The minimum Gasteiger partial charge on any atom is -0.494 e. The normalized spacial score (nSPS) is 10.1. The van der Waals surface area contributed by atoms with Crippen LogP contribution < -0.4 is 10.9 Å². The maximum atomic E-state index is 12.6. The van der Waals surface area contributed by atoms with Crippen molar-refractivity contribution in [3.05, 3.63) is 52.3 Å². The van der Waals surface area contributed by atoms with Crippen LogP contribution in [0.15, 0.2) is 35.3 Å². The Morgan fingerprint density at radius 2 is 2.17 bits per heavy atom. The predicted octanol–water partition coefficient (Wildman–Crippen LogP) is 0.867. The number of nitrogens with zero attached hydrogens (tertiary/aromatic N) is 1. The Morgan fingerprint density at radius 1 is 1.39 bits per heavy atom. The predicted molar refractivity (Wildman–Crippen MR) is 60.9 cm³/mol. The maximum absolute atomic E-state index is 12.6. The van der Waals surface area contributed by atoms with E-state index in [1.165, 1.54) is 6.07 Å². The van der Waals surface area contributed by atoms with Gasteiger partial charge in [-0.1, -0.05) is 0 Å². The summed E-state index contributed by atoms with van der Waals surface area (Å²) in [4.78, 5) is 28.2. The number of aromatic nitrogens is 2. The lowest BCUT2D eigenvalue weighted by Gasteiger charge is -2.04. The molecule has 0 spiro atoms. The van der Waals surface area contributed by atoms with Gasteiger partial charge < -0.3 is 10.4 Å². The number of anilines is 1. The van der Waals surface area contributed by atoms with Crippen molar-refractivity contribution in [1.29, 1.82) is 0 Å². The topological polar surface area (TPSA) is 95.1 Å². The molecular formula is C11H8FN3O3. The first-order valence-electron chi connectivity index (χ1n) is 4.91. The van der Waals surface area contributed by atoms with Crippen LogP contribution in [-0.4, -0.2) is 21.0 Å². The standard InChI is InChI=1S/C11H8FN3O3/c12-8-2-1-7(5-13-8)14-11(18)6-3-9(16)15-10(17)4-6/h1-5H,(H,14,18)(H2,15,16,17). The van der Waals surface area contributed by atoms with Crippen molar-refractivity contribution in [3.63, 3.8) is 0 Å². The van der Waals surface area contributed by atoms with Crippen molar-refractivity contribution in [2.24, 2.45) is 0 Å². The van der Waals surface area contributed by atoms with Gasteiger partial charge in [0.15, 0.2) is 5.88 Å². The fraction of sp³-hybridized carbons (Fsp3) is 0. The number of carbonyl (C=O) groups excluding carboxylic acids is 1. The molecule has 0 aliphatic rings. The smallest absolute Gasteiger partial charge is 0.256 e. The second-order valence-electron chi connectivity index (χ2n) is 3.44. The summed E-state index contributed by atoms with van der Waals surface area (Å²) >= 11 is 0. The van der Waals surface area contributed by atoms with Crippen LogP contribution in [0, 0.1) is 5.95 Å². The van der Waals surface area contributed by atoms with E-state index < -0.39 is 23.3 Å². The molecule has 0 atom stereocenters. The summed E-state index contributed by atoms with van der Waals surface area (Å²) in [6, 6.07) is 4.55. The Labute approximate surface area is 100 Å². The average Bonchev–Trinajstić information content (AvgIpc) is 2.31. The van der Waals surface area contributed by atoms with Crippen molar-refractivity contribution in [2.75, 3.05) is 5.32 Å². The van der Waals surface area contributed by atoms with Crippen LogP contribution >= 0.6 is 0 Å². The zero-order chi connectivity index (χ0) is 13.1. The number of pyridine rings is 2. The number of aromatic amines is 1. The molecule has 0 fully saturated rings. The molecule has 2 heterocycles.